The molecular weight excluding hydrogens is 255 g/mol. The molecule has 102 valence electrons. The minimum atomic E-state index is -4.38. The number of hydrogen-bond acceptors (Lipinski definition) is 2. The first-order valence-electron chi connectivity index (χ1n) is 5.75. The summed E-state index contributed by atoms with van der Waals surface area (Å²) in [4.78, 5) is 4.13. The van der Waals surface area contributed by atoms with Crippen LogP contribution in [-0.4, -0.2) is 9.55 Å². The monoisotopic (exact) mass is 269 g/mol. The van der Waals surface area contributed by atoms with E-state index in [1.54, 1.807) is 10.9 Å². The molecule has 0 aliphatic rings. The number of benzene rings is 1. The minimum absolute atomic E-state index is 0.0794. The number of imidazole rings is 1. The summed E-state index contributed by atoms with van der Waals surface area (Å²) in [6.07, 6.45) is -2.79. The van der Waals surface area contributed by atoms with Crippen molar-refractivity contribution in [3.05, 3.63) is 47.0 Å². The molecule has 0 radical (unpaired) electrons. The second kappa shape index (κ2) is 4.70. The van der Waals surface area contributed by atoms with Gasteiger partial charge in [-0.05, 0) is 37.6 Å². The summed E-state index contributed by atoms with van der Waals surface area (Å²) < 4.78 is 40.1. The second-order valence-corrected chi connectivity index (χ2v) is 4.33. The zero-order chi connectivity index (χ0) is 14.2. The molecule has 0 bridgehead atoms. The number of aromatic nitrogens is 2. The first-order valence-corrected chi connectivity index (χ1v) is 5.75. The third kappa shape index (κ3) is 2.49. The first kappa shape index (κ1) is 13.6. The molecule has 19 heavy (non-hydrogen) atoms. The van der Waals surface area contributed by atoms with Crippen LogP contribution in [-0.2, 0) is 12.7 Å². The second-order valence-electron chi connectivity index (χ2n) is 4.33. The Morgan fingerprint density at radius 3 is 2.42 bits per heavy atom. The minimum Gasteiger partial charge on any atom is -0.326 e. The number of halogens is 3. The highest BCUT2D eigenvalue weighted by Crippen LogP contribution is 2.33. The van der Waals surface area contributed by atoms with Gasteiger partial charge in [-0.1, -0.05) is 0 Å². The van der Waals surface area contributed by atoms with E-state index in [9.17, 15) is 13.2 Å². The third-order valence-corrected chi connectivity index (χ3v) is 3.14. The van der Waals surface area contributed by atoms with Crippen LogP contribution in [0.1, 0.15) is 22.5 Å². The van der Waals surface area contributed by atoms with Gasteiger partial charge in [0.1, 0.15) is 0 Å². The molecule has 0 aliphatic carbocycles. The molecule has 2 N–H and O–H groups in total. The normalized spacial score (nSPS) is 11.9. The Bertz CT molecular complexity index is 600. The van der Waals surface area contributed by atoms with Crippen molar-refractivity contribution >= 4 is 0 Å². The molecule has 1 aromatic carbocycles. The van der Waals surface area contributed by atoms with E-state index in [0.29, 0.717) is 5.69 Å². The zero-order valence-corrected chi connectivity index (χ0v) is 10.6. The predicted octanol–water partition coefficient (Wildman–Crippen LogP) is 2.97. The standard InChI is InChI=1S/C13H14F3N3/c1-8-9(2)19(7-18-8)11-3-4-12(13(14,15)16)10(5-11)6-17/h3-5,7H,6,17H2,1-2H3. The van der Waals surface area contributed by atoms with Crippen LogP contribution in [0, 0.1) is 13.8 Å². The molecule has 0 saturated carbocycles. The fraction of sp³-hybridized carbons (Fsp3) is 0.308. The third-order valence-electron chi connectivity index (χ3n) is 3.14. The van der Waals surface area contributed by atoms with Crippen molar-refractivity contribution in [2.45, 2.75) is 26.6 Å². The fourth-order valence-corrected chi connectivity index (χ4v) is 1.93. The number of aryl methyl sites for hydroxylation is 1. The van der Waals surface area contributed by atoms with E-state index < -0.39 is 11.7 Å². The lowest BCUT2D eigenvalue weighted by molar-refractivity contribution is -0.138. The van der Waals surface area contributed by atoms with Gasteiger partial charge in [0, 0.05) is 17.9 Å². The Kier molecular flexibility index (Phi) is 3.36. The van der Waals surface area contributed by atoms with E-state index in [1.807, 2.05) is 13.8 Å². The maximum absolute atomic E-state index is 12.8. The number of alkyl halides is 3. The van der Waals surface area contributed by atoms with Crippen molar-refractivity contribution in [3.63, 3.8) is 0 Å². The van der Waals surface area contributed by atoms with Gasteiger partial charge in [0.15, 0.2) is 0 Å². The van der Waals surface area contributed by atoms with Gasteiger partial charge in [-0.3, -0.25) is 0 Å². The van der Waals surface area contributed by atoms with Crippen LogP contribution in [0.5, 0.6) is 0 Å². The van der Waals surface area contributed by atoms with Gasteiger partial charge in [-0.25, -0.2) is 4.98 Å². The van der Waals surface area contributed by atoms with Crippen LogP contribution in [0.2, 0.25) is 0 Å². The van der Waals surface area contributed by atoms with Crippen molar-refractivity contribution in [2.75, 3.05) is 0 Å². The Balaban J connectivity index is 2.54. The van der Waals surface area contributed by atoms with E-state index in [0.717, 1.165) is 17.5 Å². The summed E-state index contributed by atoms with van der Waals surface area (Å²) in [5.41, 5.74) is 7.17. The van der Waals surface area contributed by atoms with Crippen LogP contribution in [0.25, 0.3) is 5.69 Å². The summed E-state index contributed by atoms with van der Waals surface area (Å²) in [6.45, 7) is 3.55. The molecule has 0 aliphatic heterocycles. The molecule has 0 unspecified atom stereocenters. The van der Waals surface area contributed by atoms with Crippen LogP contribution < -0.4 is 5.73 Å². The quantitative estimate of drug-likeness (QED) is 0.910. The maximum atomic E-state index is 12.8. The van der Waals surface area contributed by atoms with E-state index in [-0.39, 0.29) is 12.1 Å². The van der Waals surface area contributed by atoms with Crippen molar-refractivity contribution in [1.82, 2.24) is 9.55 Å². The van der Waals surface area contributed by atoms with Gasteiger partial charge in [-0.2, -0.15) is 13.2 Å². The Morgan fingerprint density at radius 2 is 1.95 bits per heavy atom. The van der Waals surface area contributed by atoms with Gasteiger partial charge in [-0.15, -0.1) is 0 Å². The Morgan fingerprint density at radius 1 is 1.26 bits per heavy atom. The van der Waals surface area contributed by atoms with Crippen molar-refractivity contribution in [2.24, 2.45) is 5.73 Å². The maximum Gasteiger partial charge on any atom is 0.416 e. The van der Waals surface area contributed by atoms with Crippen LogP contribution >= 0.6 is 0 Å². The summed E-state index contributed by atoms with van der Waals surface area (Å²) >= 11 is 0. The molecule has 0 saturated heterocycles. The van der Waals surface area contributed by atoms with E-state index in [2.05, 4.69) is 4.98 Å². The lowest BCUT2D eigenvalue weighted by Gasteiger charge is -2.14. The lowest BCUT2D eigenvalue weighted by atomic mass is 10.1. The molecule has 1 aromatic heterocycles. The highest BCUT2D eigenvalue weighted by molar-refractivity contribution is 5.43. The average Bonchev–Trinajstić information content (AvgIpc) is 2.68. The zero-order valence-electron chi connectivity index (χ0n) is 10.6. The van der Waals surface area contributed by atoms with Gasteiger partial charge >= 0.3 is 6.18 Å². The van der Waals surface area contributed by atoms with Crippen molar-refractivity contribution < 1.29 is 13.2 Å². The first-order chi connectivity index (χ1) is 8.84. The smallest absolute Gasteiger partial charge is 0.326 e. The summed E-state index contributed by atoms with van der Waals surface area (Å²) in [5.74, 6) is 0. The SMILES string of the molecule is Cc1ncn(-c2ccc(C(F)(F)F)c(CN)c2)c1C. The largest absolute Gasteiger partial charge is 0.416 e. The predicted molar refractivity (Wildman–Crippen MR) is 65.9 cm³/mol. The number of rotatable bonds is 2. The molecule has 0 amide bonds. The summed E-state index contributed by atoms with van der Waals surface area (Å²) in [5, 5.41) is 0. The van der Waals surface area contributed by atoms with Crippen LogP contribution in [0.4, 0.5) is 13.2 Å². The molecule has 1 heterocycles. The topological polar surface area (TPSA) is 43.8 Å². The van der Waals surface area contributed by atoms with Gasteiger partial charge in [0.2, 0.25) is 0 Å². The molecule has 0 spiro atoms. The summed E-state index contributed by atoms with van der Waals surface area (Å²) in [6, 6.07) is 3.94. The van der Waals surface area contributed by atoms with E-state index in [4.69, 9.17) is 5.73 Å². The molecule has 0 fully saturated rings. The van der Waals surface area contributed by atoms with Crippen molar-refractivity contribution in [3.8, 4) is 5.69 Å². The van der Waals surface area contributed by atoms with Crippen LogP contribution in [0.3, 0.4) is 0 Å². The van der Waals surface area contributed by atoms with Gasteiger partial charge in [0.25, 0.3) is 0 Å². The number of nitrogens with zero attached hydrogens (tertiary/aromatic N) is 2. The number of nitrogens with two attached hydrogens (primary N) is 1. The lowest BCUT2D eigenvalue weighted by Crippen LogP contribution is -2.12. The Hall–Kier alpha value is -1.82. The fourth-order valence-electron chi connectivity index (χ4n) is 1.93. The average molecular weight is 269 g/mol. The molecule has 2 aromatic rings. The van der Waals surface area contributed by atoms with E-state index in [1.165, 1.54) is 12.1 Å². The molecule has 0 atom stereocenters. The molecular formula is C13H14F3N3. The molecule has 3 nitrogen and oxygen atoms in total. The highest BCUT2D eigenvalue weighted by atomic mass is 19.4. The van der Waals surface area contributed by atoms with Gasteiger partial charge in [0.05, 0.1) is 17.6 Å². The van der Waals surface area contributed by atoms with Gasteiger partial charge < -0.3 is 10.3 Å². The molecule has 6 heteroatoms. The highest BCUT2D eigenvalue weighted by Gasteiger charge is 2.33. The van der Waals surface area contributed by atoms with Crippen LogP contribution in [0.15, 0.2) is 24.5 Å². The van der Waals surface area contributed by atoms with E-state index >= 15 is 0 Å². The molecule has 2 rings (SSSR count). The summed E-state index contributed by atoms with van der Waals surface area (Å²) in [7, 11) is 0. The Labute approximate surface area is 108 Å². The van der Waals surface area contributed by atoms with Crippen molar-refractivity contribution in [1.29, 1.82) is 0 Å². The number of hydrogen-bond donors (Lipinski definition) is 1.